The largest absolute Gasteiger partial charge is 0.707 e. The molecule has 0 saturated carbocycles. The van der Waals surface area contributed by atoms with Crippen molar-refractivity contribution in [2.24, 2.45) is 0 Å². The molecular formula is C13H20BNO5. The van der Waals surface area contributed by atoms with Crippen LogP contribution in [0.4, 0.5) is 0 Å². The summed E-state index contributed by atoms with van der Waals surface area (Å²) in [4.78, 5) is 0. The van der Waals surface area contributed by atoms with Crippen LogP contribution in [0.15, 0.2) is 24.3 Å². The highest BCUT2D eigenvalue weighted by atomic mass is 16.6. The molecule has 0 aliphatic rings. The summed E-state index contributed by atoms with van der Waals surface area (Å²) in [5, 5.41) is 43.6. The Bertz CT molecular complexity index is 445. The van der Waals surface area contributed by atoms with E-state index in [-0.39, 0.29) is 11.3 Å². The van der Waals surface area contributed by atoms with E-state index in [4.69, 9.17) is 25.5 Å². The van der Waals surface area contributed by atoms with Crippen LogP contribution in [0.1, 0.15) is 33.3 Å². The molecule has 0 aliphatic heterocycles. The molecule has 0 heterocycles. The highest BCUT2D eigenvalue weighted by molar-refractivity contribution is 6.33. The van der Waals surface area contributed by atoms with Gasteiger partial charge in [0.1, 0.15) is 11.8 Å². The van der Waals surface area contributed by atoms with Crippen LogP contribution in [0.25, 0.3) is 0 Å². The van der Waals surface area contributed by atoms with Gasteiger partial charge < -0.3 is 24.9 Å². The lowest BCUT2D eigenvalue weighted by Gasteiger charge is -2.31. The van der Waals surface area contributed by atoms with Gasteiger partial charge in [-0.1, -0.05) is 12.1 Å². The fourth-order valence-electron chi connectivity index (χ4n) is 0.775. The van der Waals surface area contributed by atoms with Gasteiger partial charge in [-0.25, -0.2) is 0 Å². The first-order valence-electron chi connectivity index (χ1n) is 5.95. The molecule has 6 nitrogen and oxygen atoms in total. The second-order valence-corrected chi connectivity index (χ2v) is 5.17. The first kappa shape index (κ1) is 18.4. The lowest BCUT2D eigenvalue weighted by molar-refractivity contribution is -0.107. The molecule has 1 aromatic rings. The molecule has 110 valence electrons. The van der Waals surface area contributed by atoms with E-state index < -0.39 is 18.5 Å². The Morgan fingerprint density at radius 3 is 1.85 bits per heavy atom. The molecule has 1 aromatic carbocycles. The molecular weight excluding hydrogens is 261 g/mol. The summed E-state index contributed by atoms with van der Waals surface area (Å²) < 4.78 is 4.52. The van der Waals surface area contributed by atoms with E-state index in [0.717, 1.165) is 0 Å². The molecule has 0 radical (unpaired) electrons. The van der Waals surface area contributed by atoms with Crippen molar-refractivity contribution in [2.45, 2.75) is 38.9 Å². The van der Waals surface area contributed by atoms with Crippen molar-refractivity contribution in [3.8, 4) is 11.8 Å². The van der Waals surface area contributed by atoms with E-state index in [1.54, 1.807) is 39.8 Å². The van der Waals surface area contributed by atoms with Gasteiger partial charge in [-0.2, -0.15) is 5.26 Å². The van der Waals surface area contributed by atoms with Crippen LogP contribution in [-0.2, 0) is 0 Å². The van der Waals surface area contributed by atoms with E-state index in [1.807, 2.05) is 6.07 Å². The van der Waals surface area contributed by atoms with Crippen molar-refractivity contribution in [1.29, 1.82) is 5.26 Å². The fourth-order valence-corrected chi connectivity index (χ4v) is 0.775. The summed E-state index contributed by atoms with van der Waals surface area (Å²) in [5.41, 5.74) is -1.74. The minimum absolute atomic E-state index is 0.162. The molecule has 0 aromatic heterocycles. The average molecular weight is 281 g/mol. The predicted molar refractivity (Wildman–Crippen MR) is 74.6 cm³/mol. The third-order valence-electron chi connectivity index (χ3n) is 2.74. The standard InChI is InChI=1S/C7H6BNO3.C6H14O2/c9-5-6-3-1-2-4-7(6)12-8(10)11;1-5(2,7)6(3,4)8/h1-4,10-11H;7-8H,1-4H3. The maximum Gasteiger partial charge on any atom is 0.707 e. The molecule has 4 N–H and O–H groups in total. The number of hydrogen-bond acceptors (Lipinski definition) is 6. The summed E-state index contributed by atoms with van der Waals surface area (Å²) >= 11 is 0. The summed E-state index contributed by atoms with van der Waals surface area (Å²) in [5.74, 6) is 0.162. The Morgan fingerprint density at radius 2 is 1.50 bits per heavy atom. The van der Waals surface area contributed by atoms with E-state index in [2.05, 4.69) is 4.65 Å². The monoisotopic (exact) mass is 281 g/mol. The summed E-state index contributed by atoms with van der Waals surface area (Å²) in [6, 6.07) is 8.16. The average Bonchev–Trinajstić information content (AvgIpc) is 2.27. The van der Waals surface area contributed by atoms with Crippen LogP contribution in [0.5, 0.6) is 5.75 Å². The molecule has 0 aliphatic carbocycles. The molecule has 0 amide bonds. The number of hydrogen-bond donors (Lipinski definition) is 4. The van der Waals surface area contributed by atoms with Crippen LogP contribution in [0.3, 0.4) is 0 Å². The number of benzene rings is 1. The zero-order valence-electron chi connectivity index (χ0n) is 12.0. The van der Waals surface area contributed by atoms with Gasteiger partial charge in [-0.3, -0.25) is 0 Å². The number of nitriles is 1. The highest BCUT2D eigenvalue weighted by Crippen LogP contribution is 2.19. The first-order valence-corrected chi connectivity index (χ1v) is 5.95. The van der Waals surface area contributed by atoms with Gasteiger partial charge in [-0.05, 0) is 39.8 Å². The molecule has 0 saturated heterocycles. The first-order chi connectivity index (χ1) is 8.99. The Morgan fingerprint density at radius 1 is 1.05 bits per heavy atom. The maximum absolute atomic E-state index is 9.10. The number of nitrogens with zero attached hydrogens (tertiary/aromatic N) is 1. The van der Waals surface area contributed by atoms with Crippen molar-refractivity contribution >= 4 is 7.32 Å². The number of rotatable bonds is 3. The second kappa shape index (κ2) is 7.26. The maximum atomic E-state index is 9.10. The molecule has 0 atom stereocenters. The Hall–Kier alpha value is -1.59. The van der Waals surface area contributed by atoms with E-state index in [0.29, 0.717) is 0 Å². The van der Waals surface area contributed by atoms with E-state index in [9.17, 15) is 0 Å². The molecule has 7 heteroatoms. The van der Waals surface area contributed by atoms with Crippen LogP contribution >= 0.6 is 0 Å². The van der Waals surface area contributed by atoms with Crippen molar-refractivity contribution in [3.05, 3.63) is 29.8 Å². The third kappa shape index (κ3) is 6.54. The van der Waals surface area contributed by atoms with Crippen LogP contribution in [0.2, 0.25) is 0 Å². The topological polar surface area (TPSA) is 114 Å². The number of aliphatic hydroxyl groups is 2. The van der Waals surface area contributed by atoms with Gasteiger partial charge in [0.05, 0.1) is 16.8 Å². The van der Waals surface area contributed by atoms with Gasteiger partial charge in [0.15, 0.2) is 0 Å². The van der Waals surface area contributed by atoms with E-state index >= 15 is 0 Å². The Kier molecular flexibility index (Phi) is 6.69. The van der Waals surface area contributed by atoms with Crippen molar-refractivity contribution in [2.75, 3.05) is 0 Å². The van der Waals surface area contributed by atoms with Crippen molar-refractivity contribution < 1.29 is 24.9 Å². The van der Waals surface area contributed by atoms with Crippen LogP contribution in [-0.4, -0.2) is 38.8 Å². The Balaban J connectivity index is 0.000000396. The lowest BCUT2D eigenvalue weighted by Crippen LogP contribution is -2.44. The smallest absolute Gasteiger partial charge is 0.511 e. The SMILES string of the molecule is CC(C)(O)C(C)(C)O.N#Cc1ccccc1OB(O)O. The molecule has 0 bridgehead atoms. The van der Waals surface area contributed by atoms with Crippen molar-refractivity contribution in [3.63, 3.8) is 0 Å². The quantitative estimate of drug-likeness (QED) is 0.597. The lowest BCUT2D eigenvalue weighted by atomic mass is 9.90. The molecule has 0 fully saturated rings. The van der Waals surface area contributed by atoms with Crippen LogP contribution in [0, 0.1) is 11.3 Å². The minimum Gasteiger partial charge on any atom is -0.511 e. The molecule has 0 spiro atoms. The third-order valence-corrected chi connectivity index (χ3v) is 2.74. The summed E-state index contributed by atoms with van der Waals surface area (Å²) in [6.45, 7) is 6.31. The van der Waals surface area contributed by atoms with Gasteiger partial charge in [-0.15, -0.1) is 0 Å². The van der Waals surface area contributed by atoms with Gasteiger partial charge in [0.25, 0.3) is 0 Å². The van der Waals surface area contributed by atoms with Gasteiger partial charge in [0, 0.05) is 0 Å². The molecule has 0 unspecified atom stereocenters. The Labute approximate surface area is 119 Å². The zero-order valence-corrected chi connectivity index (χ0v) is 12.0. The highest BCUT2D eigenvalue weighted by Gasteiger charge is 2.31. The summed E-state index contributed by atoms with van der Waals surface area (Å²) in [6.07, 6.45) is 0. The molecule has 20 heavy (non-hydrogen) atoms. The normalized spacial score (nSPS) is 10.9. The van der Waals surface area contributed by atoms with E-state index in [1.165, 1.54) is 12.1 Å². The van der Waals surface area contributed by atoms with Crippen LogP contribution < -0.4 is 4.65 Å². The van der Waals surface area contributed by atoms with Gasteiger partial charge >= 0.3 is 7.32 Å². The predicted octanol–water partition coefficient (Wildman–Crippen LogP) is 0.435. The minimum atomic E-state index is -1.89. The fraction of sp³-hybridized carbons (Fsp3) is 0.462. The second-order valence-electron chi connectivity index (χ2n) is 5.17. The number of para-hydroxylation sites is 1. The zero-order chi connectivity index (χ0) is 16.0. The summed E-state index contributed by atoms with van der Waals surface area (Å²) in [7, 11) is -1.89. The molecule has 1 rings (SSSR count). The van der Waals surface area contributed by atoms with Crippen molar-refractivity contribution in [1.82, 2.24) is 0 Å². The van der Waals surface area contributed by atoms with Gasteiger partial charge in [0.2, 0.25) is 0 Å².